The van der Waals surface area contributed by atoms with Crippen LogP contribution < -0.4 is 5.32 Å². The quantitative estimate of drug-likeness (QED) is 0.893. The van der Waals surface area contributed by atoms with Crippen molar-refractivity contribution in [1.29, 1.82) is 0 Å². The van der Waals surface area contributed by atoms with Crippen molar-refractivity contribution in [3.05, 3.63) is 64.2 Å². The summed E-state index contributed by atoms with van der Waals surface area (Å²) >= 11 is 6.10. The third-order valence-electron chi connectivity index (χ3n) is 4.40. The van der Waals surface area contributed by atoms with E-state index >= 15 is 0 Å². The minimum atomic E-state index is -3.86. The molecular weight excluding hydrogens is 360 g/mol. The first-order valence-electron chi connectivity index (χ1n) is 7.93. The molecule has 1 saturated heterocycles. The predicted octanol–water partition coefficient (Wildman–Crippen LogP) is 2.82. The SMILES string of the molecule is Cc1ccc(S(=O)(=O)N2CCNC(=O)C2c2ccccc2C)cc1Cl. The van der Waals surface area contributed by atoms with Gasteiger partial charge in [0.1, 0.15) is 6.04 Å². The highest BCUT2D eigenvalue weighted by molar-refractivity contribution is 7.89. The van der Waals surface area contributed by atoms with Crippen LogP contribution in [-0.4, -0.2) is 31.7 Å². The highest BCUT2D eigenvalue weighted by Gasteiger charge is 2.40. The van der Waals surface area contributed by atoms with Crippen molar-refractivity contribution in [3.8, 4) is 0 Å². The van der Waals surface area contributed by atoms with Crippen LogP contribution in [0, 0.1) is 13.8 Å². The molecule has 3 rings (SSSR count). The topological polar surface area (TPSA) is 66.5 Å². The summed E-state index contributed by atoms with van der Waals surface area (Å²) in [4.78, 5) is 12.6. The molecule has 2 aromatic carbocycles. The summed E-state index contributed by atoms with van der Waals surface area (Å²) in [6, 6.07) is 11.1. The van der Waals surface area contributed by atoms with Gasteiger partial charge in [-0.25, -0.2) is 8.42 Å². The number of hydrogen-bond donors (Lipinski definition) is 1. The largest absolute Gasteiger partial charge is 0.353 e. The third kappa shape index (κ3) is 3.29. The highest BCUT2D eigenvalue weighted by Crippen LogP contribution is 2.32. The molecule has 2 aromatic rings. The van der Waals surface area contributed by atoms with E-state index < -0.39 is 16.1 Å². The van der Waals surface area contributed by atoms with E-state index in [-0.39, 0.29) is 23.9 Å². The molecular formula is C18H19ClN2O3S. The number of benzene rings is 2. The van der Waals surface area contributed by atoms with Gasteiger partial charge >= 0.3 is 0 Å². The zero-order valence-corrected chi connectivity index (χ0v) is 15.6. The molecule has 1 atom stereocenters. The monoisotopic (exact) mass is 378 g/mol. The molecule has 1 heterocycles. The van der Waals surface area contributed by atoms with Crippen LogP contribution in [0.15, 0.2) is 47.4 Å². The Bertz CT molecular complexity index is 928. The smallest absolute Gasteiger partial charge is 0.244 e. The number of halogens is 1. The number of amides is 1. The summed E-state index contributed by atoms with van der Waals surface area (Å²) in [6.07, 6.45) is 0. The van der Waals surface area contributed by atoms with Gasteiger partial charge in [-0.1, -0.05) is 41.9 Å². The molecule has 1 fully saturated rings. The molecule has 0 aliphatic carbocycles. The normalized spacial score (nSPS) is 18.8. The summed E-state index contributed by atoms with van der Waals surface area (Å²) in [5, 5.41) is 3.14. The molecule has 25 heavy (non-hydrogen) atoms. The Labute approximate surface area is 152 Å². The van der Waals surface area contributed by atoms with Gasteiger partial charge in [0.15, 0.2) is 0 Å². The maximum Gasteiger partial charge on any atom is 0.244 e. The van der Waals surface area contributed by atoms with Crippen molar-refractivity contribution in [3.63, 3.8) is 0 Å². The molecule has 1 amide bonds. The molecule has 1 aliphatic heterocycles. The van der Waals surface area contributed by atoms with E-state index in [1.54, 1.807) is 18.2 Å². The van der Waals surface area contributed by atoms with Crippen LogP contribution in [0.1, 0.15) is 22.7 Å². The average molecular weight is 379 g/mol. The number of hydrogen-bond acceptors (Lipinski definition) is 3. The van der Waals surface area contributed by atoms with Gasteiger partial charge < -0.3 is 5.32 Å². The van der Waals surface area contributed by atoms with Gasteiger partial charge in [-0.05, 0) is 42.7 Å². The van der Waals surface area contributed by atoms with Crippen molar-refractivity contribution in [2.24, 2.45) is 0 Å². The van der Waals surface area contributed by atoms with Crippen molar-refractivity contribution in [1.82, 2.24) is 9.62 Å². The molecule has 0 spiro atoms. The first-order valence-corrected chi connectivity index (χ1v) is 9.75. The van der Waals surface area contributed by atoms with Crippen LogP contribution in [0.3, 0.4) is 0 Å². The fourth-order valence-electron chi connectivity index (χ4n) is 2.96. The van der Waals surface area contributed by atoms with E-state index in [0.29, 0.717) is 10.6 Å². The van der Waals surface area contributed by atoms with Gasteiger partial charge in [0.25, 0.3) is 0 Å². The Morgan fingerprint density at radius 2 is 1.84 bits per heavy atom. The number of nitrogens with one attached hydrogen (secondary N) is 1. The number of rotatable bonds is 3. The summed E-state index contributed by atoms with van der Waals surface area (Å²) in [5.74, 6) is -0.317. The molecule has 0 aromatic heterocycles. The zero-order valence-electron chi connectivity index (χ0n) is 14.0. The molecule has 1 aliphatic rings. The number of aryl methyl sites for hydroxylation is 2. The van der Waals surface area contributed by atoms with Crippen molar-refractivity contribution >= 4 is 27.5 Å². The lowest BCUT2D eigenvalue weighted by Gasteiger charge is -2.35. The van der Waals surface area contributed by atoms with Crippen LogP contribution in [0.2, 0.25) is 5.02 Å². The Morgan fingerprint density at radius 3 is 2.52 bits per heavy atom. The van der Waals surface area contributed by atoms with E-state index in [1.165, 1.54) is 16.4 Å². The van der Waals surface area contributed by atoms with E-state index in [0.717, 1.165) is 11.1 Å². The average Bonchev–Trinajstić information content (AvgIpc) is 2.58. The van der Waals surface area contributed by atoms with Gasteiger partial charge in [0.2, 0.25) is 15.9 Å². The van der Waals surface area contributed by atoms with E-state index in [9.17, 15) is 13.2 Å². The van der Waals surface area contributed by atoms with Gasteiger partial charge in [-0.15, -0.1) is 0 Å². The van der Waals surface area contributed by atoms with Crippen LogP contribution in [0.5, 0.6) is 0 Å². The van der Waals surface area contributed by atoms with Gasteiger partial charge in [-0.3, -0.25) is 4.79 Å². The lowest BCUT2D eigenvalue weighted by atomic mass is 9.99. The fraction of sp³-hybridized carbons (Fsp3) is 0.278. The van der Waals surface area contributed by atoms with Gasteiger partial charge in [0, 0.05) is 18.1 Å². The number of piperazine rings is 1. The van der Waals surface area contributed by atoms with E-state index in [2.05, 4.69) is 5.32 Å². The van der Waals surface area contributed by atoms with Crippen LogP contribution in [0.25, 0.3) is 0 Å². The summed E-state index contributed by atoms with van der Waals surface area (Å²) in [7, 11) is -3.86. The Balaban J connectivity index is 2.10. The maximum absolute atomic E-state index is 13.2. The van der Waals surface area contributed by atoms with Crippen LogP contribution in [0.4, 0.5) is 0 Å². The predicted molar refractivity (Wildman–Crippen MR) is 97.0 cm³/mol. The lowest BCUT2D eigenvalue weighted by Crippen LogP contribution is -2.52. The van der Waals surface area contributed by atoms with Gasteiger partial charge in [0.05, 0.1) is 4.90 Å². The van der Waals surface area contributed by atoms with Crippen molar-refractivity contribution in [2.45, 2.75) is 24.8 Å². The Morgan fingerprint density at radius 1 is 1.12 bits per heavy atom. The van der Waals surface area contributed by atoms with Crippen LogP contribution >= 0.6 is 11.6 Å². The molecule has 1 unspecified atom stereocenters. The number of carbonyl (C=O) groups excluding carboxylic acids is 1. The first-order chi connectivity index (χ1) is 11.8. The molecule has 1 N–H and O–H groups in total. The second-order valence-corrected chi connectivity index (χ2v) is 8.37. The van der Waals surface area contributed by atoms with Gasteiger partial charge in [-0.2, -0.15) is 4.31 Å². The lowest BCUT2D eigenvalue weighted by molar-refractivity contribution is -0.126. The van der Waals surface area contributed by atoms with E-state index in [1.807, 2.05) is 26.0 Å². The maximum atomic E-state index is 13.2. The minimum Gasteiger partial charge on any atom is -0.353 e. The van der Waals surface area contributed by atoms with Crippen LogP contribution in [-0.2, 0) is 14.8 Å². The standard InChI is InChI=1S/C18H19ClN2O3S/c1-12-5-3-4-6-15(12)17-18(22)20-9-10-21(17)25(23,24)14-8-7-13(2)16(19)11-14/h3-8,11,17H,9-10H2,1-2H3,(H,20,22). The molecule has 5 nitrogen and oxygen atoms in total. The van der Waals surface area contributed by atoms with Crippen molar-refractivity contribution in [2.75, 3.05) is 13.1 Å². The second-order valence-electron chi connectivity index (χ2n) is 6.08. The molecule has 0 radical (unpaired) electrons. The minimum absolute atomic E-state index is 0.0939. The Kier molecular flexibility index (Phi) is 4.86. The third-order valence-corrected chi connectivity index (χ3v) is 6.67. The molecule has 7 heteroatoms. The number of carbonyl (C=O) groups is 1. The van der Waals surface area contributed by atoms with E-state index in [4.69, 9.17) is 11.6 Å². The Hall–Kier alpha value is -1.89. The summed E-state index contributed by atoms with van der Waals surface area (Å²) in [6.45, 7) is 4.16. The number of sulfonamides is 1. The zero-order chi connectivity index (χ0) is 18.2. The molecule has 0 saturated carbocycles. The summed E-state index contributed by atoms with van der Waals surface area (Å²) < 4.78 is 27.6. The second kappa shape index (κ2) is 6.78. The highest BCUT2D eigenvalue weighted by atomic mass is 35.5. The fourth-order valence-corrected chi connectivity index (χ4v) is 4.81. The summed E-state index contributed by atoms with van der Waals surface area (Å²) in [5.41, 5.74) is 2.35. The molecule has 0 bridgehead atoms. The molecule has 132 valence electrons. The number of nitrogens with zero attached hydrogens (tertiary/aromatic N) is 1. The first kappa shape index (κ1) is 17.9. The van der Waals surface area contributed by atoms with Crippen molar-refractivity contribution < 1.29 is 13.2 Å².